The predicted octanol–water partition coefficient (Wildman–Crippen LogP) is -2.10. The molecule has 0 fully saturated rings. The van der Waals surface area contributed by atoms with Crippen LogP contribution >= 0.6 is 0 Å². The lowest BCUT2D eigenvalue weighted by Gasteiger charge is -2.13. The zero-order valence-electron chi connectivity index (χ0n) is 10.6. The van der Waals surface area contributed by atoms with Crippen LogP contribution < -0.4 is 10.1 Å². The number of aromatic nitrogens is 1. The van der Waals surface area contributed by atoms with Crippen molar-refractivity contribution in [2.24, 2.45) is 0 Å². The van der Waals surface area contributed by atoms with Crippen LogP contribution in [0.25, 0.3) is 10.9 Å². The van der Waals surface area contributed by atoms with Crippen molar-refractivity contribution in [2.45, 2.75) is 12.2 Å². The third-order valence-electron chi connectivity index (χ3n) is 2.47. The molecule has 8 nitrogen and oxygen atoms in total. The molecule has 0 saturated heterocycles. The van der Waals surface area contributed by atoms with Gasteiger partial charge in [-0.05, 0) is 18.2 Å². The van der Waals surface area contributed by atoms with Gasteiger partial charge in [0.25, 0.3) is 5.52 Å². The second-order valence-corrected chi connectivity index (χ2v) is 3.96. The Morgan fingerprint density at radius 1 is 1.10 bits per heavy atom. The number of aromatic hydroxyl groups is 1. The highest BCUT2D eigenvalue weighted by Gasteiger charge is 2.23. The van der Waals surface area contributed by atoms with Crippen LogP contribution in [0.15, 0.2) is 36.5 Å². The minimum Gasteiger partial charge on any atom is -0.547 e. The molecule has 0 amide bonds. The second-order valence-electron chi connectivity index (χ2n) is 3.96. The van der Waals surface area contributed by atoms with Gasteiger partial charge >= 0.3 is 5.97 Å². The van der Waals surface area contributed by atoms with Crippen LogP contribution in [0.2, 0.25) is 0 Å². The highest BCUT2D eigenvalue weighted by Crippen LogP contribution is 2.18. The number of pyridine rings is 1. The number of carboxylic acids is 2. The fourth-order valence-corrected chi connectivity index (χ4v) is 1.40. The number of para-hydroxylation sites is 1. The third-order valence-corrected chi connectivity index (χ3v) is 2.47. The van der Waals surface area contributed by atoms with Gasteiger partial charge in [0.05, 0.1) is 11.4 Å². The molecule has 0 bridgehead atoms. The van der Waals surface area contributed by atoms with Gasteiger partial charge in [-0.25, -0.2) is 9.78 Å². The molecule has 0 unspecified atom stereocenters. The molecule has 1 aromatic heterocycles. The van der Waals surface area contributed by atoms with Crippen LogP contribution in [0.1, 0.15) is 0 Å². The summed E-state index contributed by atoms with van der Waals surface area (Å²) in [7, 11) is 0. The Labute approximate surface area is 118 Å². The maximum absolute atomic E-state index is 9.74. The Kier molecular flexibility index (Phi) is 5.58. The van der Waals surface area contributed by atoms with Crippen LogP contribution in [0, 0.1) is 0 Å². The Morgan fingerprint density at radius 3 is 2.19 bits per heavy atom. The zero-order chi connectivity index (χ0) is 16.0. The van der Waals surface area contributed by atoms with Crippen LogP contribution in [0.4, 0.5) is 0 Å². The van der Waals surface area contributed by atoms with Crippen molar-refractivity contribution in [1.82, 2.24) is 0 Å². The van der Waals surface area contributed by atoms with E-state index in [4.69, 9.17) is 15.3 Å². The van der Waals surface area contributed by atoms with Crippen molar-refractivity contribution in [3.63, 3.8) is 0 Å². The maximum Gasteiger partial charge on any atom is 0.335 e. The Balaban J connectivity index is 0.000000212. The normalized spacial score (nSPS) is 12.9. The lowest BCUT2D eigenvalue weighted by Crippen LogP contribution is -2.46. The largest absolute Gasteiger partial charge is 0.547 e. The van der Waals surface area contributed by atoms with Gasteiger partial charge in [0, 0.05) is 6.07 Å². The number of hydrogen-bond donors (Lipinski definition) is 4. The summed E-state index contributed by atoms with van der Waals surface area (Å²) in [5, 5.41) is 44.5. The molecule has 2 atom stereocenters. The first-order chi connectivity index (χ1) is 9.84. The molecule has 0 aliphatic heterocycles. The van der Waals surface area contributed by atoms with E-state index in [1.807, 2.05) is 24.3 Å². The fourth-order valence-electron chi connectivity index (χ4n) is 1.40. The number of carbonyl (C=O) groups is 2. The molecule has 1 heterocycles. The number of aromatic amines is 1. The van der Waals surface area contributed by atoms with Gasteiger partial charge in [0.2, 0.25) is 0 Å². The number of aliphatic hydroxyl groups excluding tert-OH is 2. The van der Waals surface area contributed by atoms with Gasteiger partial charge in [-0.1, -0.05) is 6.07 Å². The van der Waals surface area contributed by atoms with E-state index in [0.717, 1.165) is 10.9 Å². The van der Waals surface area contributed by atoms with Crippen molar-refractivity contribution in [1.29, 1.82) is 0 Å². The number of H-pyrrole nitrogens is 1. The summed E-state index contributed by atoms with van der Waals surface area (Å²) in [4.78, 5) is 22.4. The molecule has 21 heavy (non-hydrogen) atoms. The highest BCUT2D eigenvalue weighted by atomic mass is 16.4. The van der Waals surface area contributed by atoms with Crippen LogP contribution in [-0.2, 0) is 9.59 Å². The predicted molar refractivity (Wildman–Crippen MR) is 66.8 cm³/mol. The first kappa shape index (κ1) is 16.3. The molecule has 2 rings (SSSR count). The smallest absolute Gasteiger partial charge is 0.335 e. The summed E-state index contributed by atoms with van der Waals surface area (Å²) in [5.74, 6) is -3.53. The van der Waals surface area contributed by atoms with Gasteiger partial charge in [-0.15, -0.1) is 0 Å². The lowest BCUT2D eigenvalue weighted by molar-refractivity contribution is -0.345. The number of phenols is 1. The van der Waals surface area contributed by atoms with Gasteiger partial charge < -0.3 is 30.3 Å². The average molecular weight is 295 g/mol. The molecule has 0 saturated carbocycles. The van der Waals surface area contributed by atoms with Crippen molar-refractivity contribution in [2.75, 3.05) is 0 Å². The van der Waals surface area contributed by atoms with E-state index in [0.29, 0.717) is 5.75 Å². The first-order valence-electron chi connectivity index (χ1n) is 5.72. The maximum atomic E-state index is 9.74. The number of carboxylic acid groups (broad SMARTS) is 2. The van der Waals surface area contributed by atoms with Crippen molar-refractivity contribution in [3.05, 3.63) is 36.5 Å². The number of benzene rings is 1. The number of hydrogen-bond acceptors (Lipinski definition) is 6. The van der Waals surface area contributed by atoms with E-state index in [1.54, 1.807) is 12.3 Å². The molecule has 0 aliphatic carbocycles. The Morgan fingerprint density at radius 2 is 1.71 bits per heavy atom. The number of rotatable bonds is 3. The number of phenolic OH excluding ortho intramolecular Hbond substituents is 1. The lowest BCUT2D eigenvalue weighted by atomic mass is 10.2. The van der Waals surface area contributed by atoms with E-state index in [9.17, 15) is 19.8 Å². The summed E-state index contributed by atoms with van der Waals surface area (Å²) in [5.41, 5.74) is 0.787. The van der Waals surface area contributed by atoms with E-state index in [1.165, 1.54) is 0 Å². The monoisotopic (exact) mass is 295 g/mol. The summed E-state index contributed by atoms with van der Waals surface area (Å²) in [6, 6.07) is 9.29. The molecular formula is C13H13NO7. The van der Waals surface area contributed by atoms with E-state index in [2.05, 4.69) is 4.98 Å². The van der Waals surface area contributed by atoms with Crippen molar-refractivity contribution >= 4 is 22.8 Å². The van der Waals surface area contributed by atoms with Crippen LogP contribution in [0.3, 0.4) is 0 Å². The second kappa shape index (κ2) is 7.17. The van der Waals surface area contributed by atoms with Crippen LogP contribution in [0.5, 0.6) is 5.75 Å². The number of nitrogens with one attached hydrogen (secondary N) is 1. The standard InChI is InChI=1S/C9H7NO.C4H6O6/c11-8-5-1-3-7-4-2-6-10-9(7)8;5-1(3(7)8)2(6)4(9)10/h1-6,11H;1-2,5-6H,(H,7,8)(H,9,10)/t;1-,2-/m.1/s1. The molecule has 112 valence electrons. The van der Waals surface area contributed by atoms with Gasteiger partial charge in [0.1, 0.15) is 6.10 Å². The minimum atomic E-state index is -2.38. The average Bonchev–Trinajstić information content (AvgIpc) is 2.46. The summed E-state index contributed by atoms with van der Waals surface area (Å²) in [6.45, 7) is 0. The third kappa shape index (κ3) is 4.41. The number of aliphatic carboxylic acids is 2. The van der Waals surface area contributed by atoms with Crippen molar-refractivity contribution < 1.29 is 40.1 Å². The minimum absolute atomic E-state index is 0.295. The molecule has 0 aliphatic rings. The Hall–Kier alpha value is -2.71. The summed E-state index contributed by atoms with van der Waals surface area (Å²) in [6.07, 6.45) is -2.91. The zero-order valence-corrected chi connectivity index (χ0v) is 10.6. The Bertz CT molecular complexity index is 620. The van der Waals surface area contributed by atoms with Gasteiger partial charge in [-0.2, -0.15) is 0 Å². The highest BCUT2D eigenvalue weighted by molar-refractivity contribution is 5.82. The fraction of sp³-hybridized carbons (Fsp3) is 0.154. The van der Waals surface area contributed by atoms with Gasteiger partial charge in [-0.3, -0.25) is 0 Å². The molecule has 8 heteroatoms. The molecule has 1 aromatic carbocycles. The van der Waals surface area contributed by atoms with E-state index in [-0.39, 0.29) is 0 Å². The summed E-state index contributed by atoms with van der Waals surface area (Å²) >= 11 is 0. The topological polar surface area (TPSA) is 152 Å². The number of aliphatic hydroxyl groups is 2. The van der Waals surface area contributed by atoms with Crippen LogP contribution in [-0.4, -0.2) is 44.6 Å². The summed E-state index contributed by atoms with van der Waals surface area (Å²) < 4.78 is 0. The molecule has 0 spiro atoms. The van der Waals surface area contributed by atoms with E-state index < -0.39 is 24.1 Å². The molecule has 0 radical (unpaired) electrons. The number of fused-ring (bicyclic) bond motifs is 1. The first-order valence-corrected chi connectivity index (χ1v) is 5.72. The van der Waals surface area contributed by atoms with E-state index >= 15 is 0 Å². The SMILES string of the molecule is O=C([O-])[C@H](O)[C@@H](O)C(=O)O.Oc1cccc2ccc[nH+]c12. The van der Waals surface area contributed by atoms with Gasteiger partial charge in [0.15, 0.2) is 18.1 Å². The number of carbonyl (C=O) groups excluding carboxylic acids is 1. The van der Waals surface area contributed by atoms with Crippen molar-refractivity contribution in [3.8, 4) is 5.75 Å². The molecule has 2 aromatic rings. The molecule has 5 N–H and O–H groups in total. The molecular weight excluding hydrogens is 282 g/mol. The quantitative estimate of drug-likeness (QED) is 0.506.